The number of rotatable bonds is 4. The highest BCUT2D eigenvalue weighted by molar-refractivity contribution is 5.88. The molecule has 1 unspecified atom stereocenters. The second-order valence-corrected chi connectivity index (χ2v) is 4.88. The summed E-state index contributed by atoms with van der Waals surface area (Å²) in [5, 5.41) is 9.44. The predicted molar refractivity (Wildman–Crippen MR) is 69.5 cm³/mol. The number of likely N-dealkylation sites (tertiary alicyclic amines) is 1. The maximum Gasteiger partial charge on any atom is 0.329 e. The van der Waals surface area contributed by atoms with Gasteiger partial charge in [-0.3, -0.25) is 9.78 Å². The van der Waals surface area contributed by atoms with E-state index in [1.54, 1.807) is 18.5 Å². The minimum atomic E-state index is -1.01. The van der Waals surface area contributed by atoms with Crippen molar-refractivity contribution < 1.29 is 14.7 Å². The summed E-state index contributed by atoms with van der Waals surface area (Å²) >= 11 is 0. The van der Waals surface area contributed by atoms with E-state index in [1.807, 2.05) is 13.0 Å². The first-order valence-electron chi connectivity index (χ1n) is 6.53. The first-order valence-corrected chi connectivity index (χ1v) is 6.53. The normalized spacial score (nSPS) is 22.5. The Hall–Kier alpha value is -1.91. The van der Waals surface area contributed by atoms with Crippen LogP contribution in [0.2, 0.25) is 0 Å². The van der Waals surface area contributed by atoms with Crippen LogP contribution in [-0.4, -0.2) is 39.0 Å². The van der Waals surface area contributed by atoms with Gasteiger partial charge in [0.1, 0.15) is 5.54 Å². The molecule has 2 rings (SSSR count). The lowest BCUT2D eigenvalue weighted by Crippen LogP contribution is -2.53. The lowest BCUT2D eigenvalue weighted by molar-refractivity contribution is -0.156. The van der Waals surface area contributed by atoms with E-state index in [0.29, 0.717) is 19.4 Å². The summed E-state index contributed by atoms with van der Waals surface area (Å²) < 4.78 is 0. The van der Waals surface area contributed by atoms with Gasteiger partial charge in [0.2, 0.25) is 5.91 Å². The van der Waals surface area contributed by atoms with Crippen LogP contribution in [0, 0.1) is 0 Å². The van der Waals surface area contributed by atoms with E-state index in [-0.39, 0.29) is 12.3 Å². The number of amides is 1. The van der Waals surface area contributed by atoms with Crippen molar-refractivity contribution >= 4 is 11.9 Å². The van der Waals surface area contributed by atoms with Crippen LogP contribution in [0.25, 0.3) is 0 Å². The summed E-state index contributed by atoms with van der Waals surface area (Å²) in [6.45, 7) is 2.35. The van der Waals surface area contributed by atoms with E-state index in [1.165, 1.54) is 4.90 Å². The number of carbonyl (C=O) groups is 2. The molecule has 1 amide bonds. The molecule has 5 nitrogen and oxygen atoms in total. The van der Waals surface area contributed by atoms with Crippen molar-refractivity contribution in [3.8, 4) is 0 Å². The van der Waals surface area contributed by atoms with Gasteiger partial charge < -0.3 is 10.0 Å². The Labute approximate surface area is 112 Å². The fourth-order valence-corrected chi connectivity index (χ4v) is 2.76. The van der Waals surface area contributed by atoms with Gasteiger partial charge >= 0.3 is 5.97 Å². The van der Waals surface area contributed by atoms with E-state index in [2.05, 4.69) is 4.98 Å². The van der Waals surface area contributed by atoms with Crippen molar-refractivity contribution in [3.05, 3.63) is 30.1 Å². The molecule has 0 saturated carbocycles. The van der Waals surface area contributed by atoms with Crippen LogP contribution < -0.4 is 0 Å². The predicted octanol–water partition coefficient (Wildman–Crippen LogP) is 1.48. The molecule has 0 aliphatic carbocycles. The van der Waals surface area contributed by atoms with Crippen molar-refractivity contribution in [3.63, 3.8) is 0 Å². The number of hydrogen-bond donors (Lipinski definition) is 1. The number of aromatic nitrogens is 1. The molecule has 1 N–H and O–H groups in total. The molecule has 0 aromatic carbocycles. The molecular weight excluding hydrogens is 244 g/mol. The highest BCUT2D eigenvalue weighted by atomic mass is 16.4. The van der Waals surface area contributed by atoms with Crippen molar-refractivity contribution in [2.24, 2.45) is 0 Å². The van der Waals surface area contributed by atoms with Gasteiger partial charge in [-0.15, -0.1) is 0 Å². The third kappa shape index (κ3) is 2.45. The molecule has 1 fully saturated rings. The van der Waals surface area contributed by atoms with Gasteiger partial charge in [-0.1, -0.05) is 13.0 Å². The second-order valence-electron chi connectivity index (χ2n) is 4.88. The summed E-state index contributed by atoms with van der Waals surface area (Å²) in [4.78, 5) is 29.3. The number of carbonyl (C=O) groups excluding carboxylic acids is 1. The molecule has 0 bridgehead atoms. The topological polar surface area (TPSA) is 70.5 Å². The van der Waals surface area contributed by atoms with Gasteiger partial charge in [-0.05, 0) is 30.9 Å². The van der Waals surface area contributed by atoms with Gasteiger partial charge in [0, 0.05) is 18.9 Å². The maximum atomic E-state index is 12.3. The third-order valence-electron chi connectivity index (χ3n) is 3.85. The standard InChI is InChI=1S/C14H18N2O3/c1-2-14(13(18)19)6-4-8-16(14)12(17)9-11-5-3-7-15-10-11/h3,5,7,10H,2,4,6,8-9H2,1H3,(H,18,19). The molecular formula is C14H18N2O3. The summed E-state index contributed by atoms with van der Waals surface area (Å²) in [6.07, 6.45) is 5.24. The zero-order chi connectivity index (χ0) is 13.9. The number of nitrogens with zero attached hydrogens (tertiary/aromatic N) is 2. The van der Waals surface area contributed by atoms with Crippen molar-refractivity contribution in [2.45, 2.75) is 38.1 Å². The van der Waals surface area contributed by atoms with Crippen LogP contribution in [-0.2, 0) is 16.0 Å². The highest BCUT2D eigenvalue weighted by Crippen LogP contribution is 2.33. The van der Waals surface area contributed by atoms with Gasteiger partial charge in [0.05, 0.1) is 6.42 Å². The van der Waals surface area contributed by atoms with Crippen LogP contribution in [0.5, 0.6) is 0 Å². The quantitative estimate of drug-likeness (QED) is 0.892. The molecule has 1 saturated heterocycles. The molecule has 2 heterocycles. The lowest BCUT2D eigenvalue weighted by Gasteiger charge is -2.34. The molecule has 5 heteroatoms. The first kappa shape index (κ1) is 13.5. The molecule has 0 radical (unpaired) electrons. The summed E-state index contributed by atoms with van der Waals surface area (Å²) in [6, 6.07) is 3.60. The number of pyridine rings is 1. The molecule has 0 spiro atoms. The van der Waals surface area contributed by atoms with Crippen molar-refractivity contribution in [2.75, 3.05) is 6.54 Å². The molecule has 102 valence electrons. The Morgan fingerprint density at radius 2 is 2.32 bits per heavy atom. The Kier molecular flexibility index (Phi) is 3.83. The summed E-state index contributed by atoms with van der Waals surface area (Å²) in [5.74, 6) is -1.03. The van der Waals surface area contributed by atoms with E-state index in [0.717, 1.165) is 12.0 Å². The largest absolute Gasteiger partial charge is 0.479 e. The second kappa shape index (κ2) is 5.38. The number of carboxylic acid groups (broad SMARTS) is 1. The minimum Gasteiger partial charge on any atom is -0.479 e. The Morgan fingerprint density at radius 3 is 2.89 bits per heavy atom. The Balaban J connectivity index is 2.16. The SMILES string of the molecule is CCC1(C(=O)O)CCCN1C(=O)Cc1cccnc1. The average molecular weight is 262 g/mol. The zero-order valence-electron chi connectivity index (χ0n) is 11.0. The smallest absolute Gasteiger partial charge is 0.329 e. The minimum absolute atomic E-state index is 0.130. The molecule has 1 aromatic heterocycles. The fraction of sp³-hybridized carbons (Fsp3) is 0.500. The molecule has 1 atom stereocenters. The summed E-state index contributed by atoms with van der Waals surface area (Å²) in [5.41, 5.74) is -0.200. The fourth-order valence-electron chi connectivity index (χ4n) is 2.76. The lowest BCUT2D eigenvalue weighted by atomic mass is 9.92. The number of aliphatic carboxylic acids is 1. The molecule has 1 aromatic rings. The van der Waals surface area contributed by atoms with Crippen LogP contribution in [0.3, 0.4) is 0 Å². The van der Waals surface area contributed by atoms with Crippen molar-refractivity contribution in [1.82, 2.24) is 9.88 Å². The molecule has 1 aliphatic rings. The maximum absolute atomic E-state index is 12.3. The van der Waals surface area contributed by atoms with E-state index < -0.39 is 11.5 Å². The van der Waals surface area contributed by atoms with Crippen LogP contribution >= 0.6 is 0 Å². The first-order chi connectivity index (χ1) is 9.10. The zero-order valence-corrected chi connectivity index (χ0v) is 11.0. The Morgan fingerprint density at radius 1 is 1.53 bits per heavy atom. The van der Waals surface area contributed by atoms with Gasteiger partial charge in [-0.2, -0.15) is 0 Å². The number of carboxylic acids is 1. The van der Waals surface area contributed by atoms with Crippen LogP contribution in [0.15, 0.2) is 24.5 Å². The van der Waals surface area contributed by atoms with Gasteiger partial charge in [-0.25, -0.2) is 4.79 Å². The third-order valence-corrected chi connectivity index (χ3v) is 3.85. The van der Waals surface area contributed by atoms with Crippen LogP contribution in [0.4, 0.5) is 0 Å². The van der Waals surface area contributed by atoms with E-state index in [4.69, 9.17) is 0 Å². The van der Waals surface area contributed by atoms with E-state index >= 15 is 0 Å². The van der Waals surface area contributed by atoms with Gasteiger partial charge in [0.15, 0.2) is 0 Å². The van der Waals surface area contributed by atoms with Crippen molar-refractivity contribution in [1.29, 1.82) is 0 Å². The van der Waals surface area contributed by atoms with E-state index in [9.17, 15) is 14.7 Å². The highest BCUT2D eigenvalue weighted by Gasteiger charge is 2.48. The molecule has 1 aliphatic heterocycles. The monoisotopic (exact) mass is 262 g/mol. The van der Waals surface area contributed by atoms with Gasteiger partial charge in [0.25, 0.3) is 0 Å². The summed E-state index contributed by atoms with van der Waals surface area (Å²) in [7, 11) is 0. The molecule has 19 heavy (non-hydrogen) atoms. The average Bonchev–Trinajstić information content (AvgIpc) is 2.85. The Bertz CT molecular complexity index is 475. The van der Waals surface area contributed by atoms with Crippen LogP contribution in [0.1, 0.15) is 31.7 Å². The number of hydrogen-bond acceptors (Lipinski definition) is 3.